The minimum absolute atomic E-state index is 0.112. The van der Waals surface area contributed by atoms with Crippen LogP contribution in [0.1, 0.15) is 37.8 Å². The monoisotopic (exact) mass is 723 g/mol. The van der Waals surface area contributed by atoms with Gasteiger partial charge in [-0.3, -0.25) is 19.2 Å². The summed E-state index contributed by atoms with van der Waals surface area (Å²) in [6.45, 7) is 8.78. The third-order valence-corrected chi connectivity index (χ3v) is 10.3. The van der Waals surface area contributed by atoms with E-state index in [1.165, 1.54) is 9.80 Å². The van der Waals surface area contributed by atoms with E-state index in [-0.39, 0.29) is 24.4 Å². The molecule has 0 saturated carbocycles. The van der Waals surface area contributed by atoms with Crippen molar-refractivity contribution in [2.24, 2.45) is 11.8 Å². The first-order valence-electron chi connectivity index (χ1n) is 16.0. The molecular weight excluding hydrogens is 682 g/mol. The van der Waals surface area contributed by atoms with Gasteiger partial charge in [0.15, 0.2) is 0 Å². The molecule has 3 heterocycles. The highest BCUT2D eigenvalue weighted by Gasteiger charge is 2.77. The van der Waals surface area contributed by atoms with Crippen LogP contribution in [-0.2, 0) is 28.7 Å². The number of alkyl halides is 1. The zero-order valence-electron chi connectivity index (χ0n) is 27.1. The van der Waals surface area contributed by atoms with Gasteiger partial charge < -0.3 is 34.4 Å². The van der Waals surface area contributed by atoms with Crippen molar-refractivity contribution in [2.75, 3.05) is 31.8 Å². The molecule has 3 saturated heterocycles. The number of aliphatic hydroxyl groups excluding tert-OH is 1. The molecule has 0 radical (unpaired) electrons. The van der Waals surface area contributed by atoms with E-state index >= 15 is 0 Å². The molecule has 48 heavy (non-hydrogen) atoms. The lowest BCUT2D eigenvalue weighted by Crippen LogP contribution is -2.59. The number of fused-ring (bicyclic) bond motifs is 1. The van der Waals surface area contributed by atoms with Gasteiger partial charge in [-0.2, -0.15) is 0 Å². The number of halogens is 1. The molecule has 0 aromatic heterocycles. The number of ether oxygens (including phenoxy) is 3. The normalized spacial score (nSPS) is 26.7. The summed E-state index contributed by atoms with van der Waals surface area (Å²) in [7, 11) is 1.55. The Morgan fingerprint density at radius 1 is 1.17 bits per heavy atom. The number of likely N-dealkylation sites (tertiary alicyclic amines) is 1. The van der Waals surface area contributed by atoms with Crippen LogP contribution in [0.2, 0.25) is 0 Å². The number of hydrogen-bond acceptors (Lipinski definition) is 8. The number of methoxy groups -OCH3 is 1. The van der Waals surface area contributed by atoms with E-state index in [1.807, 2.05) is 30.3 Å². The van der Waals surface area contributed by atoms with Gasteiger partial charge in [0.1, 0.15) is 24.0 Å². The minimum Gasteiger partial charge on any atom is -0.497 e. The van der Waals surface area contributed by atoms with Gasteiger partial charge in [0.2, 0.25) is 11.8 Å². The largest absolute Gasteiger partial charge is 0.497 e. The van der Waals surface area contributed by atoms with Crippen LogP contribution < -0.4 is 15.0 Å². The first-order chi connectivity index (χ1) is 23.1. The summed E-state index contributed by atoms with van der Waals surface area (Å²) in [6, 6.07) is 13.5. The zero-order valence-corrected chi connectivity index (χ0v) is 28.7. The van der Waals surface area contributed by atoms with E-state index in [2.05, 4.69) is 34.4 Å². The standard InChI is InChI=1S/C36H42BrN3O8/c1-5-7-13-28(42)47-21-27(23-11-9-8-10-12-23)38-33(43)29-30-34(44)40(22(3)20-41)32(36(30)19-26(37)31(29)48-36)35(45)39(18-6-2)24-14-16-25(46-4)17-15-24/h5-6,8-12,14-17,22,26-27,29-32,41H,1-2,7,13,18-21H2,3-4H3,(H,38,43)/t22-,26?,27+,29-,30+,31-,32-,36+/m1/s1. The van der Waals surface area contributed by atoms with E-state index in [4.69, 9.17) is 14.2 Å². The molecule has 2 aromatic rings. The number of nitrogens with zero attached hydrogens (tertiary/aromatic N) is 2. The van der Waals surface area contributed by atoms with Crippen LogP contribution in [0.4, 0.5) is 5.69 Å². The second-order valence-electron chi connectivity index (χ2n) is 12.4. The second kappa shape index (κ2) is 15.0. The molecule has 256 valence electrons. The van der Waals surface area contributed by atoms with Crippen molar-refractivity contribution in [2.45, 2.75) is 60.8 Å². The smallest absolute Gasteiger partial charge is 0.306 e. The average molecular weight is 725 g/mol. The molecule has 1 spiro atoms. The fourth-order valence-electron chi connectivity index (χ4n) is 7.21. The Balaban J connectivity index is 1.48. The van der Waals surface area contributed by atoms with Gasteiger partial charge in [0, 0.05) is 23.5 Å². The van der Waals surface area contributed by atoms with Gasteiger partial charge in [-0.15, -0.1) is 13.2 Å². The van der Waals surface area contributed by atoms with Crippen molar-refractivity contribution in [1.82, 2.24) is 10.2 Å². The number of allylic oxidation sites excluding steroid dienone is 1. The summed E-state index contributed by atoms with van der Waals surface area (Å²) in [5, 5.41) is 13.3. The quantitative estimate of drug-likeness (QED) is 0.161. The summed E-state index contributed by atoms with van der Waals surface area (Å²) in [5.41, 5.74) is -0.0587. The number of nitrogens with one attached hydrogen (secondary N) is 1. The predicted molar refractivity (Wildman–Crippen MR) is 182 cm³/mol. The summed E-state index contributed by atoms with van der Waals surface area (Å²) >= 11 is 3.70. The lowest BCUT2D eigenvalue weighted by Gasteiger charge is -2.38. The fraction of sp³-hybridized carbons (Fsp3) is 0.444. The second-order valence-corrected chi connectivity index (χ2v) is 13.5. The summed E-state index contributed by atoms with van der Waals surface area (Å²) in [4.78, 5) is 58.4. The van der Waals surface area contributed by atoms with Crippen molar-refractivity contribution in [3.05, 3.63) is 85.5 Å². The first-order valence-corrected chi connectivity index (χ1v) is 17.0. The predicted octanol–water partition coefficient (Wildman–Crippen LogP) is 3.71. The Labute approximate surface area is 289 Å². The van der Waals surface area contributed by atoms with E-state index in [0.29, 0.717) is 24.3 Å². The number of carbonyl (C=O) groups excluding carboxylic acids is 4. The molecule has 11 nitrogen and oxygen atoms in total. The van der Waals surface area contributed by atoms with E-state index in [0.717, 1.165) is 5.56 Å². The highest BCUT2D eigenvalue weighted by Crippen LogP contribution is 2.60. The van der Waals surface area contributed by atoms with Gasteiger partial charge in [0.05, 0.1) is 43.7 Å². The molecule has 3 aliphatic rings. The van der Waals surface area contributed by atoms with Gasteiger partial charge in [-0.1, -0.05) is 58.4 Å². The lowest BCUT2D eigenvalue weighted by atomic mass is 9.70. The number of hydrogen-bond donors (Lipinski definition) is 2. The van der Waals surface area contributed by atoms with E-state index in [1.54, 1.807) is 50.5 Å². The molecule has 5 rings (SSSR count). The maximum absolute atomic E-state index is 14.7. The van der Waals surface area contributed by atoms with Crippen LogP contribution in [0.15, 0.2) is 79.9 Å². The average Bonchev–Trinajstić information content (AvgIpc) is 3.70. The van der Waals surface area contributed by atoms with Gasteiger partial charge in [-0.05, 0) is 49.6 Å². The van der Waals surface area contributed by atoms with Crippen molar-refractivity contribution < 1.29 is 38.5 Å². The molecular formula is C36H42BrN3O8. The number of benzene rings is 2. The summed E-state index contributed by atoms with van der Waals surface area (Å²) in [5.74, 6) is -3.06. The Morgan fingerprint density at radius 3 is 2.50 bits per heavy atom. The molecule has 2 N–H and O–H groups in total. The Morgan fingerprint density at radius 2 is 1.88 bits per heavy atom. The van der Waals surface area contributed by atoms with E-state index < -0.39 is 72.0 Å². The third-order valence-electron chi connectivity index (χ3n) is 9.45. The molecule has 2 aromatic carbocycles. The van der Waals surface area contributed by atoms with Crippen LogP contribution in [0, 0.1) is 11.8 Å². The molecule has 12 heteroatoms. The van der Waals surface area contributed by atoms with Crippen LogP contribution >= 0.6 is 15.9 Å². The number of amides is 3. The van der Waals surface area contributed by atoms with Crippen LogP contribution in [0.25, 0.3) is 0 Å². The van der Waals surface area contributed by atoms with E-state index in [9.17, 15) is 24.3 Å². The maximum atomic E-state index is 14.7. The Kier molecular flexibility index (Phi) is 11.1. The highest BCUT2D eigenvalue weighted by atomic mass is 79.9. The first kappa shape index (κ1) is 35.3. The minimum atomic E-state index is -1.34. The van der Waals surface area contributed by atoms with Crippen molar-refractivity contribution in [3.63, 3.8) is 0 Å². The number of esters is 1. The van der Waals surface area contributed by atoms with Crippen molar-refractivity contribution in [3.8, 4) is 5.75 Å². The number of carbonyl (C=O) groups is 4. The highest BCUT2D eigenvalue weighted by molar-refractivity contribution is 9.09. The zero-order chi connectivity index (χ0) is 34.6. The molecule has 3 aliphatic heterocycles. The summed E-state index contributed by atoms with van der Waals surface area (Å²) in [6.07, 6.45) is 3.45. The van der Waals surface area contributed by atoms with Gasteiger partial charge >= 0.3 is 5.97 Å². The Hall–Kier alpha value is -4.00. The molecule has 0 aliphatic carbocycles. The van der Waals surface area contributed by atoms with Crippen molar-refractivity contribution >= 4 is 45.3 Å². The Bertz CT molecular complexity index is 1520. The molecule has 8 atom stereocenters. The SMILES string of the molecule is C=CCCC(=O)OC[C@H](NC(=O)[C@H]1[C@@H]2O[C@@]3(CC2Br)[C@@H]1C(=O)N([C@H](C)CO)[C@@H]3C(=O)N(CC=C)c1ccc(OC)cc1)c1ccccc1. The number of anilines is 1. The van der Waals surface area contributed by atoms with Crippen LogP contribution in [0.5, 0.6) is 5.75 Å². The summed E-state index contributed by atoms with van der Waals surface area (Å²) < 4.78 is 17.5. The third kappa shape index (κ3) is 6.53. The molecule has 3 fully saturated rings. The number of aliphatic hydroxyl groups is 1. The van der Waals surface area contributed by atoms with Crippen molar-refractivity contribution in [1.29, 1.82) is 0 Å². The molecule has 3 amide bonds. The van der Waals surface area contributed by atoms with Crippen LogP contribution in [-0.4, -0.2) is 89.2 Å². The lowest BCUT2D eigenvalue weighted by molar-refractivity contribution is -0.146. The molecule has 1 unspecified atom stereocenters. The van der Waals surface area contributed by atoms with Gasteiger partial charge in [-0.25, -0.2) is 0 Å². The topological polar surface area (TPSA) is 135 Å². The fourth-order valence-corrected chi connectivity index (χ4v) is 8.16. The maximum Gasteiger partial charge on any atom is 0.306 e. The number of rotatable bonds is 15. The molecule has 2 bridgehead atoms. The van der Waals surface area contributed by atoms with Crippen LogP contribution in [0.3, 0.4) is 0 Å². The van der Waals surface area contributed by atoms with Gasteiger partial charge in [0.25, 0.3) is 5.91 Å².